The summed E-state index contributed by atoms with van der Waals surface area (Å²) in [5.74, 6) is 0.378. The number of amides is 3. The van der Waals surface area contributed by atoms with Crippen molar-refractivity contribution in [2.45, 2.75) is 6.04 Å². The van der Waals surface area contributed by atoms with E-state index in [1.807, 2.05) is 6.07 Å². The van der Waals surface area contributed by atoms with Gasteiger partial charge >= 0.3 is 11.2 Å². The van der Waals surface area contributed by atoms with E-state index in [-0.39, 0.29) is 11.7 Å². The Bertz CT molecular complexity index is 533. The fraction of sp³-hybridized carbons (Fsp3) is 0.500. The number of carbonyl (C=O) groups excluding carboxylic acids is 2. The first-order valence-electron chi connectivity index (χ1n) is 5.22. The van der Waals surface area contributed by atoms with Crippen LogP contribution in [0.4, 0.5) is 4.79 Å². The van der Waals surface area contributed by atoms with Crippen molar-refractivity contribution >= 4 is 34.7 Å². The Morgan fingerprint density at radius 3 is 2.72 bits per heavy atom. The summed E-state index contributed by atoms with van der Waals surface area (Å²) in [5.41, 5.74) is 0. The molecule has 0 bridgehead atoms. The zero-order valence-electron chi connectivity index (χ0n) is 10.2. The summed E-state index contributed by atoms with van der Waals surface area (Å²) < 4.78 is 1.69. The maximum absolute atomic E-state index is 12.1. The molecule has 2 aliphatic rings. The van der Waals surface area contributed by atoms with Gasteiger partial charge in [0, 0.05) is 14.1 Å². The lowest BCUT2D eigenvalue weighted by Crippen LogP contribution is -2.61. The van der Waals surface area contributed by atoms with Gasteiger partial charge in [-0.1, -0.05) is 0 Å². The highest BCUT2D eigenvalue weighted by atomic mass is 32.2. The maximum atomic E-state index is 12.1. The van der Waals surface area contributed by atoms with Gasteiger partial charge in [-0.3, -0.25) is 14.6 Å². The molecule has 1 saturated heterocycles. The zero-order valence-corrected chi connectivity index (χ0v) is 11.1. The van der Waals surface area contributed by atoms with Gasteiger partial charge in [0.05, 0.1) is 18.9 Å². The number of hydrogen-bond acceptors (Lipinski definition) is 5. The Kier molecular flexibility index (Phi) is 3.09. The molecule has 0 N–H and O–H groups in total. The molecule has 8 heteroatoms. The molecule has 7 nitrogen and oxygen atoms in total. The number of rotatable bonds is 1. The Morgan fingerprint density at radius 1 is 1.44 bits per heavy atom. The number of aliphatic imine (C=N–C) groups is 1. The second-order valence-electron chi connectivity index (χ2n) is 3.95. The summed E-state index contributed by atoms with van der Waals surface area (Å²) >= 11 is 1.25. The standard InChI is InChI=1S/C10H12N5O2S/c1-13-6-7(12-9(13)18-5-4-11)14(2)10(17)15(3)8(6)16/h6H,5H2,1-3H3/q+1. The van der Waals surface area contributed by atoms with E-state index < -0.39 is 12.1 Å². The third-order valence-corrected chi connectivity index (χ3v) is 3.80. The quantitative estimate of drug-likeness (QED) is 0.602. The summed E-state index contributed by atoms with van der Waals surface area (Å²) in [6, 6.07) is 1.04. The number of nitriles is 1. The highest BCUT2D eigenvalue weighted by Gasteiger charge is 2.51. The van der Waals surface area contributed by atoms with Crippen LogP contribution in [0.1, 0.15) is 0 Å². The van der Waals surface area contributed by atoms with Crippen LogP contribution in [0.5, 0.6) is 0 Å². The van der Waals surface area contributed by atoms with Gasteiger partial charge in [-0.2, -0.15) is 5.26 Å². The summed E-state index contributed by atoms with van der Waals surface area (Å²) in [6.07, 6.45) is 0. The monoisotopic (exact) mass is 266 g/mol. The molecule has 1 unspecified atom stereocenters. The second-order valence-corrected chi connectivity index (χ2v) is 4.89. The molecule has 0 saturated carbocycles. The van der Waals surface area contributed by atoms with Crippen molar-refractivity contribution in [1.82, 2.24) is 9.80 Å². The van der Waals surface area contributed by atoms with Crippen LogP contribution in [-0.4, -0.2) is 70.3 Å². The Balaban J connectivity index is 2.38. The van der Waals surface area contributed by atoms with E-state index in [1.54, 1.807) is 18.7 Å². The molecule has 2 rings (SSSR count). The number of carbonyl (C=O) groups is 2. The normalized spacial score (nSPS) is 23.2. The predicted octanol–water partition coefficient (Wildman–Crippen LogP) is -0.454. The smallest absolute Gasteiger partial charge is 0.269 e. The van der Waals surface area contributed by atoms with Crippen LogP contribution < -0.4 is 0 Å². The minimum absolute atomic E-state index is 0.255. The molecule has 0 radical (unpaired) electrons. The maximum Gasteiger partial charge on any atom is 0.358 e. The Morgan fingerprint density at radius 2 is 2.11 bits per heavy atom. The van der Waals surface area contributed by atoms with Crippen molar-refractivity contribution in [3.05, 3.63) is 0 Å². The molecule has 1 atom stereocenters. The average molecular weight is 266 g/mol. The van der Waals surface area contributed by atoms with Crippen LogP contribution in [0, 0.1) is 11.3 Å². The van der Waals surface area contributed by atoms with E-state index in [4.69, 9.17) is 5.26 Å². The van der Waals surface area contributed by atoms with Gasteiger partial charge in [0.2, 0.25) is 0 Å². The lowest BCUT2D eigenvalue weighted by molar-refractivity contribution is -0.502. The Hall–Kier alpha value is -1.88. The number of imide groups is 1. The van der Waals surface area contributed by atoms with E-state index in [2.05, 4.69) is 4.99 Å². The Labute approximate surface area is 108 Å². The van der Waals surface area contributed by atoms with Gasteiger partial charge in [0.1, 0.15) is 0 Å². The van der Waals surface area contributed by atoms with Crippen LogP contribution >= 0.6 is 11.8 Å². The first-order valence-corrected chi connectivity index (χ1v) is 6.21. The number of urea groups is 1. The molecule has 2 aliphatic heterocycles. The summed E-state index contributed by atoms with van der Waals surface area (Å²) in [6.45, 7) is 0. The van der Waals surface area contributed by atoms with Gasteiger partial charge in [0.15, 0.2) is 0 Å². The molecule has 94 valence electrons. The first-order chi connectivity index (χ1) is 8.49. The minimum atomic E-state index is -0.570. The van der Waals surface area contributed by atoms with Crippen molar-refractivity contribution < 1.29 is 14.2 Å². The van der Waals surface area contributed by atoms with Crippen molar-refractivity contribution in [1.29, 1.82) is 5.26 Å². The molecule has 0 aliphatic carbocycles. The van der Waals surface area contributed by atoms with E-state index in [1.165, 1.54) is 23.7 Å². The number of thioether (sulfide) groups is 1. The van der Waals surface area contributed by atoms with Crippen LogP contribution in [0.2, 0.25) is 0 Å². The lowest BCUT2D eigenvalue weighted by Gasteiger charge is -2.29. The largest absolute Gasteiger partial charge is 0.358 e. The number of hydrogen-bond donors (Lipinski definition) is 0. The van der Waals surface area contributed by atoms with E-state index in [0.717, 1.165) is 4.90 Å². The van der Waals surface area contributed by atoms with Crippen LogP contribution in [0.3, 0.4) is 0 Å². The lowest BCUT2D eigenvalue weighted by atomic mass is 10.2. The van der Waals surface area contributed by atoms with Crippen molar-refractivity contribution in [3.63, 3.8) is 0 Å². The molecule has 18 heavy (non-hydrogen) atoms. The van der Waals surface area contributed by atoms with Gasteiger partial charge < -0.3 is 0 Å². The van der Waals surface area contributed by atoms with Gasteiger partial charge in [-0.15, -0.1) is 0 Å². The van der Waals surface area contributed by atoms with E-state index in [9.17, 15) is 9.59 Å². The molecule has 0 aromatic carbocycles. The average Bonchev–Trinajstić information content (AvgIpc) is 2.69. The van der Waals surface area contributed by atoms with Gasteiger partial charge in [-0.05, 0) is 16.8 Å². The fourth-order valence-corrected chi connectivity index (χ4v) is 2.55. The van der Waals surface area contributed by atoms with Gasteiger partial charge in [-0.25, -0.2) is 9.37 Å². The molecular weight excluding hydrogens is 254 g/mol. The molecule has 0 spiro atoms. The molecular formula is C10H12N5O2S+. The van der Waals surface area contributed by atoms with E-state index in [0.29, 0.717) is 11.0 Å². The second kappa shape index (κ2) is 4.42. The SMILES string of the molecule is CN1C(=O)C2C(=NC(SCC#N)=[N+]2C)N(C)C1=O. The van der Waals surface area contributed by atoms with Crippen LogP contribution in [-0.2, 0) is 4.79 Å². The van der Waals surface area contributed by atoms with Gasteiger partial charge in [0.25, 0.3) is 17.8 Å². The summed E-state index contributed by atoms with van der Waals surface area (Å²) in [5, 5.41) is 9.15. The topological polar surface area (TPSA) is 79.8 Å². The first kappa shape index (κ1) is 12.6. The zero-order chi connectivity index (χ0) is 13.4. The third kappa shape index (κ3) is 1.67. The summed E-state index contributed by atoms with van der Waals surface area (Å²) in [7, 11) is 4.77. The number of amidine groups is 2. The third-order valence-electron chi connectivity index (χ3n) is 2.89. The fourth-order valence-electron chi connectivity index (χ4n) is 1.89. The van der Waals surface area contributed by atoms with Crippen molar-refractivity contribution in [3.8, 4) is 6.07 Å². The van der Waals surface area contributed by atoms with E-state index >= 15 is 0 Å². The number of nitrogens with zero attached hydrogens (tertiary/aromatic N) is 5. The predicted molar refractivity (Wildman–Crippen MR) is 66.4 cm³/mol. The molecule has 0 aromatic rings. The number of likely N-dealkylation sites (N-methyl/N-ethyl adjacent to an activating group) is 3. The number of fused-ring (bicyclic) bond motifs is 1. The van der Waals surface area contributed by atoms with Crippen molar-refractivity contribution in [2.75, 3.05) is 26.9 Å². The van der Waals surface area contributed by atoms with Crippen LogP contribution in [0.15, 0.2) is 4.99 Å². The minimum Gasteiger partial charge on any atom is -0.269 e. The summed E-state index contributed by atoms with van der Waals surface area (Å²) in [4.78, 5) is 30.5. The molecule has 2 heterocycles. The highest BCUT2D eigenvalue weighted by Crippen LogP contribution is 2.21. The molecule has 3 amide bonds. The van der Waals surface area contributed by atoms with Crippen LogP contribution in [0.25, 0.3) is 0 Å². The molecule has 1 fully saturated rings. The van der Waals surface area contributed by atoms with Crippen molar-refractivity contribution in [2.24, 2.45) is 4.99 Å². The molecule has 0 aromatic heterocycles. The highest BCUT2D eigenvalue weighted by molar-refractivity contribution is 8.13.